The van der Waals surface area contributed by atoms with Crippen LogP contribution < -0.4 is 26.5 Å². The van der Waals surface area contributed by atoms with Crippen LogP contribution in [-0.2, 0) is 0 Å². The summed E-state index contributed by atoms with van der Waals surface area (Å²) in [4.78, 5) is 8.10. The summed E-state index contributed by atoms with van der Waals surface area (Å²) in [5.74, 6) is -0.118. The Morgan fingerprint density at radius 2 is 1.58 bits per heavy atom. The summed E-state index contributed by atoms with van der Waals surface area (Å²) >= 11 is 5.22. The molecule has 8 nitrogen and oxygen atoms in total. The van der Waals surface area contributed by atoms with Crippen molar-refractivity contribution in [2.75, 3.05) is 17.7 Å². The van der Waals surface area contributed by atoms with Gasteiger partial charge in [0, 0.05) is 24.0 Å². The zero-order valence-electron chi connectivity index (χ0n) is 19.0. The Balaban J connectivity index is 1.50. The van der Waals surface area contributed by atoms with Gasteiger partial charge in [-0.3, -0.25) is 5.43 Å². The number of hydrogen-bond donors (Lipinski definition) is 4. The second-order valence-corrected chi connectivity index (χ2v) is 7.48. The van der Waals surface area contributed by atoms with E-state index in [1.54, 1.807) is 30.5 Å². The van der Waals surface area contributed by atoms with Gasteiger partial charge in [-0.05, 0) is 66.3 Å². The molecule has 12 heteroatoms. The Morgan fingerprint density at radius 3 is 2.19 bits per heavy atom. The molecule has 3 rings (SSSR count). The largest absolute Gasteiger partial charge is 0.573 e. The fraction of sp³-hybridized carbons (Fsp3) is 0.0833. The molecule has 0 aliphatic carbocycles. The lowest BCUT2D eigenvalue weighted by Crippen LogP contribution is -2.23. The third kappa shape index (κ3) is 8.72. The molecule has 0 unspecified atom stereocenters. The summed E-state index contributed by atoms with van der Waals surface area (Å²) in [7, 11) is 1.84. The van der Waals surface area contributed by atoms with Crippen LogP contribution in [0.4, 0.5) is 30.2 Å². The van der Waals surface area contributed by atoms with Gasteiger partial charge in [0.25, 0.3) is 0 Å². The quantitative estimate of drug-likeness (QED) is 0.146. The summed E-state index contributed by atoms with van der Waals surface area (Å²) in [6.07, 6.45) is -1.93. The number of nitrogens with two attached hydrogens (primary N) is 1. The van der Waals surface area contributed by atoms with Gasteiger partial charge in [0.05, 0.1) is 11.9 Å². The first-order chi connectivity index (χ1) is 17.2. The van der Waals surface area contributed by atoms with E-state index < -0.39 is 6.36 Å². The highest BCUT2D eigenvalue weighted by Crippen LogP contribution is 2.24. The number of halogens is 3. The number of ether oxygens (including phenoxy) is 1. The first kappa shape index (κ1) is 26.2. The van der Waals surface area contributed by atoms with Crippen molar-refractivity contribution in [2.45, 2.75) is 6.36 Å². The molecule has 0 aliphatic heterocycles. The summed E-state index contributed by atoms with van der Waals surface area (Å²) in [5.41, 5.74) is 12.4. The standard InChI is InChI=1S/C24H22F3N7OS/c1-29-18-6-8-20(9-7-18)33-23(36)34-32-14-16-2-4-17(5-3-16)22(28)31-15-30-19-10-12-21(13-11-19)35-24(25,26)27/h2-15,29H,1H3,(H2,28,30,31)(H2,33,34,36)/b32-14+. The maximum Gasteiger partial charge on any atom is 0.573 e. The number of alkyl halides is 3. The van der Waals surface area contributed by atoms with Crippen LogP contribution in [0.15, 0.2) is 87.9 Å². The van der Waals surface area contributed by atoms with Crippen molar-refractivity contribution in [1.29, 1.82) is 0 Å². The van der Waals surface area contributed by atoms with Crippen LogP contribution >= 0.6 is 12.2 Å². The number of aliphatic imine (C=N–C) groups is 2. The molecule has 0 aromatic heterocycles. The van der Waals surface area contributed by atoms with Gasteiger partial charge in [0.1, 0.15) is 17.9 Å². The molecule has 3 aromatic rings. The molecule has 36 heavy (non-hydrogen) atoms. The highest BCUT2D eigenvalue weighted by atomic mass is 32.1. The van der Waals surface area contributed by atoms with Crippen LogP contribution in [0.3, 0.4) is 0 Å². The molecule has 5 N–H and O–H groups in total. The molecule has 0 saturated heterocycles. The SMILES string of the molecule is CNc1ccc(NC(=S)N/N=C/c2ccc(C(N)=NC=Nc3ccc(OC(F)(F)F)cc3)cc2)cc1. The van der Waals surface area contributed by atoms with Crippen LogP contribution in [0.1, 0.15) is 11.1 Å². The maximum atomic E-state index is 12.2. The van der Waals surface area contributed by atoms with E-state index in [0.29, 0.717) is 16.4 Å². The van der Waals surface area contributed by atoms with Crippen LogP contribution in [0.5, 0.6) is 5.75 Å². The lowest BCUT2D eigenvalue weighted by atomic mass is 10.1. The molecule has 0 atom stereocenters. The predicted molar refractivity (Wildman–Crippen MR) is 141 cm³/mol. The molecule has 0 saturated carbocycles. The first-order valence-electron chi connectivity index (χ1n) is 10.4. The summed E-state index contributed by atoms with van der Waals surface area (Å²) < 4.78 is 40.4. The van der Waals surface area contributed by atoms with Crippen LogP contribution in [-0.4, -0.2) is 36.9 Å². The van der Waals surface area contributed by atoms with Crippen LogP contribution in [0.25, 0.3) is 0 Å². The minimum atomic E-state index is -4.75. The number of hydrogen-bond acceptors (Lipinski definition) is 5. The van der Waals surface area contributed by atoms with E-state index in [1.807, 2.05) is 31.3 Å². The van der Waals surface area contributed by atoms with E-state index in [0.717, 1.165) is 29.1 Å². The normalized spacial score (nSPS) is 12.1. The van der Waals surface area contributed by atoms with Gasteiger partial charge in [-0.1, -0.05) is 24.3 Å². The van der Waals surface area contributed by atoms with E-state index >= 15 is 0 Å². The molecule has 3 aromatic carbocycles. The number of nitrogens with one attached hydrogen (secondary N) is 3. The Morgan fingerprint density at radius 1 is 0.944 bits per heavy atom. The Bertz CT molecular complexity index is 1240. The highest BCUT2D eigenvalue weighted by molar-refractivity contribution is 7.80. The number of thiocarbonyl (C=S) groups is 1. The average molecular weight is 514 g/mol. The van der Waals surface area contributed by atoms with E-state index in [4.69, 9.17) is 18.0 Å². The molecule has 0 spiro atoms. The third-order valence-electron chi connectivity index (χ3n) is 4.49. The third-order valence-corrected chi connectivity index (χ3v) is 4.68. The lowest BCUT2D eigenvalue weighted by molar-refractivity contribution is -0.274. The van der Waals surface area contributed by atoms with Crippen molar-refractivity contribution >= 4 is 52.8 Å². The van der Waals surface area contributed by atoms with Crippen molar-refractivity contribution in [2.24, 2.45) is 20.8 Å². The van der Waals surface area contributed by atoms with Gasteiger partial charge >= 0.3 is 6.36 Å². The van der Waals surface area contributed by atoms with Crippen LogP contribution in [0, 0.1) is 0 Å². The van der Waals surface area contributed by atoms with E-state index in [2.05, 4.69) is 35.9 Å². The summed E-state index contributed by atoms with van der Waals surface area (Å²) in [5, 5.41) is 10.5. The number of anilines is 2. The first-order valence-corrected chi connectivity index (χ1v) is 10.8. The maximum absolute atomic E-state index is 12.2. The van der Waals surface area contributed by atoms with Crippen molar-refractivity contribution in [3.05, 3.63) is 83.9 Å². The monoisotopic (exact) mass is 513 g/mol. The van der Waals surface area contributed by atoms with Crippen LogP contribution in [0.2, 0.25) is 0 Å². The molecule has 186 valence electrons. The molecule has 0 fully saturated rings. The summed E-state index contributed by atoms with van der Waals surface area (Å²) in [6.45, 7) is 0. The van der Waals surface area contributed by atoms with Gasteiger partial charge in [0.15, 0.2) is 5.11 Å². The van der Waals surface area contributed by atoms with Crippen molar-refractivity contribution in [3.8, 4) is 5.75 Å². The lowest BCUT2D eigenvalue weighted by Gasteiger charge is -2.08. The topological polar surface area (TPSA) is 108 Å². The molecular weight excluding hydrogens is 491 g/mol. The van der Waals surface area contributed by atoms with Gasteiger partial charge in [-0.15, -0.1) is 13.2 Å². The zero-order valence-corrected chi connectivity index (χ0v) is 19.8. The predicted octanol–water partition coefficient (Wildman–Crippen LogP) is 5.01. The molecule has 0 bridgehead atoms. The molecule has 0 aliphatic rings. The van der Waals surface area contributed by atoms with E-state index in [1.165, 1.54) is 18.5 Å². The molecule has 0 radical (unpaired) electrons. The zero-order chi connectivity index (χ0) is 26.0. The molecule has 0 amide bonds. The summed E-state index contributed by atoms with van der Waals surface area (Å²) in [6, 6.07) is 19.8. The highest BCUT2D eigenvalue weighted by Gasteiger charge is 2.30. The average Bonchev–Trinajstić information content (AvgIpc) is 2.85. The Hall–Kier alpha value is -4.45. The number of amidine groups is 1. The van der Waals surface area contributed by atoms with Gasteiger partial charge < -0.3 is 21.1 Å². The Kier molecular flexibility index (Phi) is 8.95. The smallest absolute Gasteiger partial charge is 0.406 e. The minimum absolute atomic E-state index is 0.215. The number of nitrogens with zero attached hydrogens (tertiary/aromatic N) is 3. The number of hydrazone groups is 1. The minimum Gasteiger partial charge on any atom is -0.406 e. The second-order valence-electron chi connectivity index (χ2n) is 7.07. The Labute approximate surface area is 210 Å². The second kappa shape index (κ2) is 12.3. The van der Waals surface area contributed by atoms with Crippen molar-refractivity contribution < 1.29 is 17.9 Å². The number of rotatable bonds is 8. The fourth-order valence-electron chi connectivity index (χ4n) is 2.75. The van der Waals surface area contributed by atoms with E-state index in [-0.39, 0.29) is 11.6 Å². The van der Waals surface area contributed by atoms with Gasteiger partial charge in [-0.25, -0.2) is 9.98 Å². The van der Waals surface area contributed by atoms with E-state index in [9.17, 15) is 13.2 Å². The van der Waals surface area contributed by atoms with Gasteiger partial charge in [-0.2, -0.15) is 5.10 Å². The number of benzene rings is 3. The van der Waals surface area contributed by atoms with Crippen molar-refractivity contribution in [1.82, 2.24) is 5.43 Å². The molecular formula is C24H22F3N7OS. The van der Waals surface area contributed by atoms with Crippen molar-refractivity contribution in [3.63, 3.8) is 0 Å². The van der Waals surface area contributed by atoms with Gasteiger partial charge in [0.2, 0.25) is 0 Å². The fourth-order valence-corrected chi connectivity index (χ4v) is 2.92. The molecule has 0 heterocycles.